The van der Waals surface area contributed by atoms with E-state index in [1.54, 1.807) is 48.4 Å². The summed E-state index contributed by atoms with van der Waals surface area (Å²) >= 11 is 0. The number of pyridine rings is 1. The summed E-state index contributed by atoms with van der Waals surface area (Å²) < 4.78 is 5.08. The van der Waals surface area contributed by atoms with Crippen molar-refractivity contribution in [3.05, 3.63) is 53.9 Å². The minimum absolute atomic E-state index is 0.118. The van der Waals surface area contributed by atoms with Crippen LogP contribution in [0.2, 0.25) is 0 Å². The van der Waals surface area contributed by atoms with Gasteiger partial charge in [-0.15, -0.1) is 0 Å². The lowest BCUT2D eigenvalue weighted by Gasteiger charge is -2.18. The monoisotopic (exact) mass is 341 g/mol. The minimum atomic E-state index is -0.390. The van der Waals surface area contributed by atoms with E-state index in [1.165, 1.54) is 0 Å². The number of carbonyl (C=O) groups excluding carboxylic acids is 2. The highest BCUT2D eigenvalue weighted by Gasteiger charge is 2.15. The molecule has 1 amide bonds. The number of para-hydroxylation sites is 1. The second-order valence-corrected chi connectivity index (χ2v) is 5.30. The van der Waals surface area contributed by atoms with Crippen LogP contribution in [0.3, 0.4) is 0 Å². The average Bonchev–Trinajstić information content (AvgIpc) is 2.63. The number of hydrogen-bond donors (Lipinski definition) is 1. The molecule has 0 unspecified atom stereocenters. The molecule has 25 heavy (non-hydrogen) atoms. The van der Waals surface area contributed by atoms with Crippen LogP contribution in [-0.2, 0) is 4.74 Å². The van der Waals surface area contributed by atoms with Crippen molar-refractivity contribution >= 4 is 23.3 Å². The number of benzene rings is 1. The first kappa shape index (κ1) is 18.4. The number of nitrogens with one attached hydrogen (secondary N) is 1. The van der Waals surface area contributed by atoms with Crippen LogP contribution in [0.1, 0.15) is 41.6 Å². The lowest BCUT2D eigenvalue weighted by molar-refractivity contribution is 0.0527. The van der Waals surface area contributed by atoms with E-state index in [-0.39, 0.29) is 11.9 Å². The topological polar surface area (TPSA) is 71.5 Å². The number of aromatic nitrogens is 1. The highest BCUT2D eigenvalue weighted by Crippen LogP contribution is 2.22. The van der Waals surface area contributed by atoms with Crippen LogP contribution in [0.15, 0.2) is 42.6 Å². The van der Waals surface area contributed by atoms with E-state index in [1.807, 2.05) is 19.9 Å². The molecule has 2 aromatic rings. The molecule has 0 saturated carbocycles. The first-order valence-corrected chi connectivity index (χ1v) is 8.39. The molecule has 2 rings (SSSR count). The Balaban J connectivity index is 2.26. The Labute approximate surface area is 147 Å². The highest BCUT2D eigenvalue weighted by atomic mass is 16.5. The predicted molar refractivity (Wildman–Crippen MR) is 97.2 cm³/mol. The van der Waals surface area contributed by atoms with Gasteiger partial charge < -0.3 is 15.0 Å². The van der Waals surface area contributed by atoms with Gasteiger partial charge in [-0.1, -0.05) is 12.1 Å². The van der Waals surface area contributed by atoms with Gasteiger partial charge in [-0.25, -0.2) is 4.79 Å². The van der Waals surface area contributed by atoms with Gasteiger partial charge in [-0.3, -0.25) is 9.78 Å². The van der Waals surface area contributed by atoms with Gasteiger partial charge in [0.2, 0.25) is 0 Å². The molecular formula is C19H23N3O3. The van der Waals surface area contributed by atoms with E-state index in [4.69, 9.17) is 4.74 Å². The van der Waals surface area contributed by atoms with Crippen molar-refractivity contribution in [3.8, 4) is 0 Å². The summed E-state index contributed by atoms with van der Waals surface area (Å²) in [6.45, 7) is 7.19. The standard InChI is InChI=1S/C19H23N3O3/c1-4-22(5-2)18(23)17-13-14(11-12-20-17)21-16-10-8-7-9-15(16)19(24)25-6-3/h7-13H,4-6H2,1-3H3,(H,20,21). The van der Waals surface area contributed by atoms with Crippen LogP contribution in [-0.4, -0.2) is 41.5 Å². The molecule has 6 heteroatoms. The number of nitrogens with zero attached hydrogens (tertiary/aromatic N) is 2. The number of carbonyl (C=O) groups is 2. The lowest BCUT2D eigenvalue weighted by atomic mass is 10.1. The number of esters is 1. The molecule has 0 saturated heterocycles. The number of amides is 1. The number of rotatable bonds is 7. The van der Waals surface area contributed by atoms with Crippen molar-refractivity contribution in [2.75, 3.05) is 25.0 Å². The van der Waals surface area contributed by atoms with E-state index in [9.17, 15) is 9.59 Å². The smallest absolute Gasteiger partial charge is 0.340 e. The van der Waals surface area contributed by atoms with Crippen LogP contribution in [0.4, 0.5) is 11.4 Å². The number of ether oxygens (including phenoxy) is 1. The van der Waals surface area contributed by atoms with Crippen LogP contribution in [0, 0.1) is 0 Å². The number of anilines is 2. The normalized spacial score (nSPS) is 10.2. The highest BCUT2D eigenvalue weighted by molar-refractivity contribution is 5.97. The van der Waals surface area contributed by atoms with Gasteiger partial charge in [0, 0.05) is 25.0 Å². The Bertz CT molecular complexity index is 742. The molecule has 1 N–H and O–H groups in total. The van der Waals surface area contributed by atoms with Crippen molar-refractivity contribution in [1.29, 1.82) is 0 Å². The van der Waals surface area contributed by atoms with Crippen molar-refractivity contribution in [2.24, 2.45) is 0 Å². The maximum absolute atomic E-state index is 12.4. The van der Waals surface area contributed by atoms with E-state index in [0.717, 1.165) is 0 Å². The summed E-state index contributed by atoms with van der Waals surface area (Å²) in [6, 6.07) is 10.5. The fraction of sp³-hybridized carbons (Fsp3) is 0.316. The van der Waals surface area contributed by atoms with E-state index in [0.29, 0.717) is 42.3 Å². The van der Waals surface area contributed by atoms with Crippen LogP contribution in [0.5, 0.6) is 0 Å². The van der Waals surface area contributed by atoms with Gasteiger partial charge in [-0.05, 0) is 45.0 Å². The van der Waals surface area contributed by atoms with Gasteiger partial charge in [0.05, 0.1) is 17.9 Å². The molecule has 1 aromatic carbocycles. The van der Waals surface area contributed by atoms with Gasteiger partial charge >= 0.3 is 5.97 Å². The van der Waals surface area contributed by atoms with E-state index in [2.05, 4.69) is 10.3 Å². The second-order valence-electron chi connectivity index (χ2n) is 5.30. The fourth-order valence-corrected chi connectivity index (χ4v) is 2.43. The summed E-state index contributed by atoms with van der Waals surface area (Å²) in [6.07, 6.45) is 1.58. The van der Waals surface area contributed by atoms with Gasteiger partial charge in [0.1, 0.15) is 5.69 Å². The summed E-state index contributed by atoms with van der Waals surface area (Å²) in [5.74, 6) is -0.508. The third-order valence-corrected chi connectivity index (χ3v) is 3.73. The molecule has 0 bridgehead atoms. The van der Waals surface area contributed by atoms with Crippen LogP contribution < -0.4 is 5.32 Å². The van der Waals surface area contributed by atoms with Gasteiger partial charge in [0.25, 0.3) is 5.91 Å². The third-order valence-electron chi connectivity index (χ3n) is 3.73. The van der Waals surface area contributed by atoms with Crippen LogP contribution in [0.25, 0.3) is 0 Å². The first-order chi connectivity index (χ1) is 12.1. The molecule has 0 spiro atoms. The molecular weight excluding hydrogens is 318 g/mol. The summed E-state index contributed by atoms with van der Waals surface area (Å²) in [5.41, 5.74) is 2.11. The second kappa shape index (κ2) is 8.82. The Hall–Kier alpha value is -2.89. The van der Waals surface area contributed by atoms with Gasteiger partial charge in [-0.2, -0.15) is 0 Å². The summed E-state index contributed by atoms with van der Waals surface area (Å²) in [4.78, 5) is 30.4. The van der Waals surface area contributed by atoms with Crippen molar-refractivity contribution in [2.45, 2.75) is 20.8 Å². The van der Waals surface area contributed by atoms with Crippen molar-refractivity contribution < 1.29 is 14.3 Å². The molecule has 1 aromatic heterocycles. The molecule has 0 aliphatic carbocycles. The Morgan fingerprint density at radius 1 is 1.12 bits per heavy atom. The summed E-state index contributed by atoms with van der Waals surface area (Å²) in [5, 5.41) is 3.17. The van der Waals surface area contributed by atoms with Crippen molar-refractivity contribution in [1.82, 2.24) is 9.88 Å². The molecule has 0 aliphatic rings. The van der Waals surface area contributed by atoms with Gasteiger partial charge in [0.15, 0.2) is 0 Å². The van der Waals surface area contributed by atoms with E-state index < -0.39 is 0 Å². The molecule has 0 radical (unpaired) electrons. The predicted octanol–water partition coefficient (Wildman–Crippen LogP) is 3.48. The number of hydrogen-bond acceptors (Lipinski definition) is 5. The Morgan fingerprint density at radius 3 is 2.52 bits per heavy atom. The van der Waals surface area contributed by atoms with Crippen LogP contribution >= 0.6 is 0 Å². The zero-order valence-corrected chi connectivity index (χ0v) is 14.8. The maximum Gasteiger partial charge on any atom is 0.340 e. The Kier molecular flexibility index (Phi) is 6.51. The van der Waals surface area contributed by atoms with E-state index >= 15 is 0 Å². The zero-order chi connectivity index (χ0) is 18.2. The molecule has 0 fully saturated rings. The Morgan fingerprint density at radius 2 is 1.84 bits per heavy atom. The first-order valence-electron chi connectivity index (χ1n) is 8.39. The summed E-state index contributed by atoms with van der Waals surface area (Å²) in [7, 11) is 0. The quantitative estimate of drug-likeness (QED) is 0.781. The molecule has 0 atom stereocenters. The molecule has 132 valence electrons. The minimum Gasteiger partial charge on any atom is -0.462 e. The molecule has 6 nitrogen and oxygen atoms in total. The SMILES string of the molecule is CCOC(=O)c1ccccc1Nc1ccnc(C(=O)N(CC)CC)c1. The largest absolute Gasteiger partial charge is 0.462 e. The molecule has 1 heterocycles. The third kappa shape index (κ3) is 4.56. The van der Waals surface area contributed by atoms with Crippen molar-refractivity contribution in [3.63, 3.8) is 0 Å². The lowest BCUT2D eigenvalue weighted by Crippen LogP contribution is -2.31. The fourth-order valence-electron chi connectivity index (χ4n) is 2.43. The average molecular weight is 341 g/mol. The molecule has 0 aliphatic heterocycles. The maximum atomic E-state index is 12.4. The zero-order valence-electron chi connectivity index (χ0n) is 14.8.